The number of fused-ring (bicyclic) bond motifs is 1. The Balaban J connectivity index is 2.49. The molecule has 70 valence electrons. The van der Waals surface area contributed by atoms with Crippen LogP contribution in [0.3, 0.4) is 0 Å². The second-order valence-corrected chi connectivity index (χ2v) is 4.07. The van der Waals surface area contributed by atoms with Crippen molar-refractivity contribution in [1.82, 2.24) is 0 Å². The molecular formula is C9H9IO3. The molecule has 13 heavy (non-hydrogen) atoms. The standard InChI is InChI=1S/C9H9IO3/c1-5(11)6-2-8-9(3-7(6)10)13-4-12-8/h2-3,5,11H,4H2,1H3. The minimum absolute atomic E-state index is 0.272. The summed E-state index contributed by atoms with van der Waals surface area (Å²) in [5.74, 6) is 1.48. The van der Waals surface area contributed by atoms with Crippen molar-refractivity contribution >= 4 is 22.6 Å². The van der Waals surface area contributed by atoms with Gasteiger partial charge < -0.3 is 14.6 Å². The average Bonchev–Trinajstić information content (AvgIpc) is 2.48. The Kier molecular flexibility index (Phi) is 2.33. The second-order valence-electron chi connectivity index (χ2n) is 2.90. The molecular weight excluding hydrogens is 283 g/mol. The lowest BCUT2D eigenvalue weighted by molar-refractivity contribution is 0.173. The van der Waals surface area contributed by atoms with Crippen molar-refractivity contribution in [1.29, 1.82) is 0 Å². The Bertz CT molecular complexity index is 336. The molecule has 0 fully saturated rings. The van der Waals surface area contributed by atoms with Gasteiger partial charge >= 0.3 is 0 Å². The zero-order valence-electron chi connectivity index (χ0n) is 7.08. The summed E-state index contributed by atoms with van der Waals surface area (Å²) < 4.78 is 11.4. The Hall–Kier alpha value is -0.490. The number of aliphatic hydroxyl groups is 1. The van der Waals surface area contributed by atoms with Crippen molar-refractivity contribution < 1.29 is 14.6 Å². The lowest BCUT2D eigenvalue weighted by atomic mass is 10.1. The predicted molar refractivity (Wildman–Crippen MR) is 55.9 cm³/mol. The number of rotatable bonds is 1. The third-order valence-electron chi connectivity index (χ3n) is 1.94. The van der Waals surface area contributed by atoms with Gasteiger partial charge in [0.25, 0.3) is 0 Å². The Morgan fingerprint density at radius 3 is 2.62 bits per heavy atom. The summed E-state index contributed by atoms with van der Waals surface area (Å²) >= 11 is 2.17. The molecule has 0 radical (unpaired) electrons. The molecule has 0 saturated carbocycles. The van der Waals surface area contributed by atoms with Crippen molar-refractivity contribution in [2.75, 3.05) is 6.79 Å². The van der Waals surface area contributed by atoms with Gasteiger partial charge in [-0.1, -0.05) is 0 Å². The molecule has 1 atom stereocenters. The number of ether oxygens (including phenoxy) is 2. The van der Waals surface area contributed by atoms with E-state index in [-0.39, 0.29) is 6.79 Å². The third-order valence-corrected chi connectivity index (χ3v) is 2.88. The first-order valence-electron chi connectivity index (χ1n) is 3.95. The van der Waals surface area contributed by atoms with Crippen LogP contribution in [0.25, 0.3) is 0 Å². The van der Waals surface area contributed by atoms with E-state index in [1.165, 1.54) is 0 Å². The van der Waals surface area contributed by atoms with E-state index >= 15 is 0 Å². The van der Waals surface area contributed by atoms with Crippen LogP contribution in [0, 0.1) is 3.57 Å². The van der Waals surface area contributed by atoms with Gasteiger partial charge in [-0.2, -0.15) is 0 Å². The molecule has 3 nitrogen and oxygen atoms in total. The number of hydrogen-bond donors (Lipinski definition) is 1. The van der Waals surface area contributed by atoms with Crippen molar-refractivity contribution in [3.05, 3.63) is 21.3 Å². The molecule has 1 aliphatic rings. The summed E-state index contributed by atoms with van der Waals surface area (Å²) in [6, 6.07) is 3.71. The van der Waals surface area contributed by atoms with Crippen molar-refractivity contribution in [2.45, 2.75) is 13.0 Å². The summed E-state index contributed by atoms with van der Waals surface area (Å²) in [6.07, 6.45) is -0.471. The van der Waals surface area contributed by atoms with Crippen LogP contribution in [0.2, 0.25) is 0 Å². The fourth-order valence-corrected chi connectivity index (χ4v) is 2.14. The van der Waals surface area contributed by atoms with E-state index in [4.69, 9.17) is 9.47 Å². The highest BCUT2D eigenvalue weighted by molar-refractivity contribution is 14.1. The summed E-state index contributed by atoms with van der Waals surface area (Å²) in [5.41, 5.74) is 0.879. The van der Waals surface area contributed by atoms with Gasteiger partial charge in [-0.15, -0.1) is 0 Å². The van der Waals surface area contributed by atoms with Crippen LogP contribution in [0.5, 0.6) is 11.5 Å². The normalized spacial score (nSPS) is 15.9. The first-order chi connectivity index (χ1) is 6.18. The summed E-state index contributed by atoms with van der Waals surface area (Å²) in [4.78, 5) is 0. The fourth-order valence-electron chi connectivity index (χ4n) is 1.25. The number of hydrogen-bond acceptors (Lipinski definition) is 3. The molecule has 1 aromatic rings. The molecule has 1 aliphatic heterocycles. The van der Waals surface area contributed by atoms with E-state index in [0.717, 1.165) is 20.6 Å². The highest BCUT2D eigenvalue weighted by Crippen LogP contribution is 2.37. The number of halogens is 1. The molecule has 0 aromatic heterocycles. The van der Waals surface area contributed by atoms with Gasteiger partial charge in [-0.05, 0) is 47.2 Å². The summed E-state index contributed by atoms with van der Waals surface area (Å²) in [7, 11) is 0. The van der Waals surface area contributed by atoms with Crippen LogP contribution in [0.4, 0.5) is 0 Å². The lowest BCUT2D eigenvalue weighted by Gasteiger charge is -2.08. The zero-order valence-corrected chi connectivity index (χ0v) is 9.24. The van der Waals surface area contributed by atoms with Crippen LogP contribution >= 0.6 is 22.6 Å². The van der Waals surface area contributed by atoms with E-state index in [1.807, 2.05) is 12.1 Å². The van der Waals surface area contributed by atoms with Crippen LogP contribution < -0.4 is 9.47 Å². The van der Waals surface area contributed by atoms with Crippen molar-refractivity contribution in [3.8, 4) is 11.5 Å². The molecule has 0 spiro atoms. The second kappa shape index (κ2) is 3.34. The van der Waals surface area contributed by atoms with Gasteiger partial charge in [0.1, 0.15) is 0 Å². The maximum Gasteiger partial charge on any atom is 0.231 e. The smallest absolute Gasteiger partial charge is 0.231 e. The van der Waals surface area contributed by atoms with Crippen molar-refractivity contribution in [2.24, 2.45) is 0 Å². The Labute approximate surface area is 89.8 Å². The summed E-state index contributed by atoms with van der Waals surface area (Å²) in [5, 5.41) is 9.43. The average molecular weight is 292 g/mol. The molecule has 2 rings (SSSR count). The van der Waals surface area contributed by atoms with Crippen LogP contribution in [0.15, 0.2) is 12.1 Å². The minimum Gasteiger partial charge on any atom is -0.454 e. The van der Waals surface area contributed by atoms with Crippen LogP contribution in [0.1, 0.15) is 18.6 Å². The first-order valence-corrected chi connectivity index (χ1v) is 5.03. The van der Waals surface area contributed by atoms with E-state index in [0.29, 0.717) is 0 Å². The molecule has 1 heterocycles. The van der Waals surface area contributed by atoms with E-state index in [2.05, 4.69) is 22.6 Å². The maximum atomic E-state index is 9.43. The van der Waals surface area contributed by atoms with Gasteiger partial charge in [0.15, 0.2) is 11.5 Å². The Morgan fingerprint density at radius 1 is 1.38 bits per heavy atom. The molecule has 4 heteroatoms. The predicted octanol–water partition coefficient (Wildman–Crippen LogP) is 2.07. The Morgan fingerprint density at radius 2 is 2.00 bits per heavy atom. The van der Waals surface area contributed by atoms with Gasteiger partial charge in [-0.25, -0.2) is 0 Å². The van der Waals surface area contributed by atoms with Gasteiger partial charge in [0.05, 0.1) is 6.10 Å². The number of aliphatic hydroxyl groups excluding tert-OH is 1. The molecule has 0 saturated heterocycles. The molecule has 1 N–H and O–H groups in total. The van der Waals surface area contributed by atoms with Crippen LogP contribution in [-0.2, 0) is 0 Å². The topological polar surface area (TPSA) is 38.7 Å². The molecule has 1 unspecified atom stereocenters. The molecule has 0 bridgehead atoms. The van der Waals surface area contributed by atoms with Gasteiger partial charge in [-0.3, -0.25) is 0 Å². The summed E-state index contributed by atoms with van der Waals surface area (Å²) in [6.45, 7) is 2.01. The van der Waals surface area contributed by atoms with E-state index in [9.17, 15) is 5.11 Å². The first kappa shape index (κ1) is 9.08. The highest BCUT2D eigenvalue weighted by Gasteiger charge is 2.17. The minimum atomic E-state index is -0.471. The highest BCUT2D eigenvalue weighted by atomic mass is 127. The monoisotopic (exact) mass is 292 g/mol. The van der Waals surface area contributed by atoms with Crippen LogP contribution in [-0.4, -0.2) is 11.9 Å². The van der Waals surface area contributed by atoms with E-state index in [1.54, 1.807) is 6.92 Å². The fraction of sp³-hybridized carbons (Fsp3) is 0.333. The molecule has 0 aliphatic carbocycles. The third kappa shape index (κ3) is 1.60. The largest absolute Gasteiger partial charge is 0.454 e. The van der Waals surface area contributed by atoms with Gasteiger partial charge in [0.2, 0.25) is 6.79 Å². The molecule has 1 aromatic carbocycles. The maximum absolute atomic E-state index is 9.43. The SMILES string of the molecule is CC(O)c1cc2c(cc1I)OCO2. The van der Waals surface area contributed by atoms with E-state index < -0.39 is 6.10 Å². The molecule has 0 amide bonds. The number of benzene rings is 1. The van der Waals surface area contributed by atoms with Gasteiger partial charge in [0, 0.05) is 3.57 Å². The lowest BCUT2D eigenvalue weighted by Crippen LogP contribution is -1.94. The quantitative estimate of drug-likeness (QED) is 0.805. The zero-order chi connectivity index (χ0) is 9.42. The van der Waals surface area contributed by atoms with Crippen molar-refractivity contribution in [3.63, 3.8) is 0 Å².